The van der Waals surface area contributed by atoms with Gasteiger partial charge in [0.05, 0.1) is 13.2 Å². The van der Waals surface area contributed by atoms with Crippen molar-refractivity contribution in [2.24, 2.45) is 11.8 Å². The summed E-state index contributed by atoms with van der Waals surface area (Å²) in [6.45, 7) is 2.92. The number of amides is 1. The number of alkyl halides is 3. The number of hydrogen-bond acceptors (Lipinski definition) is 4. The second kappa shape index (κ2) is 7.20. The average molecular weight is 407 g/mol. The van der Waals surface area contributed by atoms with Crippen LogP contribution in [0.1, 0.15) is 40.5 Å². The van der Waals surface area contributed by atoms with Gasteiger partial charge >= 0.3 is 12.1 Å². The Kier molecular flexibility index (Phi) is 4.84. The maximum Gasteiger partial charge on any atom is 0.436 e. The van der Waals surface area contributed by atoms with Crippen LogP contribution in [0.4, 0.5) is 13.2 Å². The molecule has 1 saturated heterocycles. The molecule has 0 bridgehead atoms. The van der Waals surface area contributed by atoms with E-state index in [9.17, 15) is 22.8 Å². The highest BCUT2D eigenvalue weighted by molar-refractivity contribution is 5.90. The summed E-state index contributed by atoms with van der Waals surface area (Å²) >= 11 is 0. The fraction of sp³-hybridized carbons (Fsp3) is 0.450. The van der Waals surface area contributed by atoms with Gasteiger partial charge in [-0.15, -0.1) is 0 Å². The van der Waals surface area contributed by atoms with E-state index in [-0.39, 0.29) is 25.0 Å². The number of aromatic nitrogens is 2. The van der Waals surface area contributed by atoms with Gasteiger partial charge in [-0.1, -0.05) is 24.3 Å². The van der Waals surface area contributed by atoms with E-state index in [0.717, 1.165) is 35.0 Å². The lowest BCUT2D eigenvalue weighted by molar-refractivity contribution is -0.142. The zero-order chi connectivity index (χ0) is 20.8. The molecule has 1 saturated carbocycles. The van der Waals surface area contributed by atoms with Crippen LogP contribution in [-0.4, -0.2) is 39.7 Å². The molecule has 1 aliphatic carbocycles. The standard InChI is InChI=1S/C20H20F3N3O3/c1-2-29-19(28)16-11-26(24-17(16)20(21,22)23)9-13-5-3-12(4-6-13)8-25-10-14-7-15(14)18(25)27/h3-6,11,14-15H,2,7-10H2,1H3. The largest absolute Gasteiger partial charge is 0.462 e. The highest BCUT2D eigenvalue weighted by atomic mass is 19.4. The van der Waals surface area contributed by atoms with Crippen molar-refractivity contribution in [1.82, 2.24) is 14.7 Å². The van der Waals surface area contributed by atoms with E-state index in [0.29, 0.717) is 12.5 Å². The molecule has 29 heavy (non-hydrogen) atoms. The first-order valence-electron chi connectivity index (χ1n) is 9.44. The van der Waals surface area contributed by atoms with Gasteiger partial charge in [0.15, 0.2) is 5.69 Å². The Labute approximate surface area is 165 Å². The van der Waals surface area contributed by atoms with Gasteiger partial charge in [-0.05, 0) is 30.4 Å². The normalized spacial score (nSPS) is 20.7. The molecule has 154 valence electrons. The lowest BCUT2D eigenvalue weighted by atomic mass is 10.1. The number of carbonyl (C=O) groups is 2. The van der Waals surface area contributed by atoms with Crippen LogP contribution in [0.3, 0.4) is 0 Å². The number of ether oxygens (including phenoxy) is 1. The van der Waals surface area contributed by atoms with Crippen molar-refractivity contribution in [3.05, 3.63) is 52.8 Å². The fourth-order valence-electron chi connectivity index (χ4n) is 3.73. The number of rotatable bonds is 6. The summed E-state index contributed by atoms with van der Waals surface area (Å²) in [4.78, 5) is 25.7. The van der Waals surface area contributed by atoms with Gasteiger partial charge in [0.25, 0.3) is 0 Å². The summed E-state index contributed by atoms with van der Waals surface area (Å²) in [7, 11) is 0. The van der Waals surface area contributed by atoms with E-state index in [4.69, 9.17) is 4.74 Å². The van der Waals surface area contributed by atoms with Crippen LogP contribution < -0.4 is 0 Å². The Balaban J connectivity index is 1.46. The van der Waals surface area contributed by atoms with Crippen molar-refractivity contribution >= 4 is 11.9 Å². The highest BCUT2D eigenvalue weighted by Crippen LogP contribution is 2.46. The highest BCUT2D eigenvalue weighted by Gasteiger charge is 2.51. The third-order valence-electron chi connectivity index (χ3n) is 5.27. The number of piperidine rings is 1. The summed E-state index contributed by atoms with van der Waals surface area (Å²) in [6, 6.07) is 7.28. The Morgan fingerprint density at radius 2 is 1.86 bits per heavy atom. The van der Waals surface area contributed by atoms with Crippen LogP contribution in [0.5, 0.6) is 0 Å². The Hall–Kier alpha value is -2.84. The minimum Gasteiger partial charge on any atom is -0.462 e. The summed E-state index contributed by atoms with van der Waals surface area (Å²) in [5, 5.41) is 3.55. The first-order chi connectivity index (χ1) is 13.8. The van der Waals surface area contributed by atoms with Crippen molar-refractivity contribution in [2.45, 2.75) is 32.6 Å². The lowest BCUT2D eigenvalue weighted by Crippen LogP contribution is -2.27. The fourth-order valence-corrected chi connectivity index (χ4v) is 3.73. The molecular formula is C20H20F3N3O3. The molecule has 2 aliphatic rings. The van der Waals surface area contributed by atoms with Crippen LogP contribution in [0.2, 0.25) is 0 Å². The molecule has 0 radical (unpaired) electrons. The van der Waals surface area contributed by atoms with Crippen LogP contribution in [0, 0.1) is 11.8 Å². The average Bonchev–Trinajstić information content (AvgIpc) is 3.18. The van der Waals surface area contributed by atoms with Crippen molar-refractivity contribution in [3.63, 3.8) is 0 Å². The van der Waals surface area contributed by atoms with Gasteiger partial charge in [0.2, 0.25) is 5.91 Å². The number of carbonyl (C=O) groups excluding carboxylic acids is 2. The SMILES string of the molecule is CCOC(=O)c1cn(Cc2ccc(CN3CC4CC4C3=O)cc2)nc1C(F)(F)F. The van der Waals surface area contributed by atoms with E-state index in [2.05, 4.69) is 5.10 Å². The predicted octanol–water partition coefficient (Wildman–Crippen LogP) is 3.11. The second-order valence-corrected chi connectivity index (χ2v) is 7.44. The molecule has 2 fully saturated rings. The molecule has 0 spiro atoms. The van der Waals surface area contributed by atoms with Gasteiger partial charge < -0.3 is 9.64 Å². The molecular weight excluding hydrogens is 387 g/mol. The van der Waals surface area contributed by atoms with E-state index in [1.165, 1.54) is 6.92 Å². The number of hydrogen-bond donors (Lipinski definition) is 0. The number of benzene rings is 1. The molecule has 1 amide bonds. The van der Waals surface area contributed by atoms with Crippen molar-refractivity contribution in [3.8, 4) is 0 Å². The summed E-state index contributed by atoms with van der Waals surface area (Å²) in [5.41, 5.74) is -0.149. The molecule has 1 aliphatic heterocycles. The first kappa shape index (κ1) is 19.5. The maximum absolute atomic E-state index is 13.2. The van der Waals surface area contributed by atoms with Crippen LogP contribution in [0.15, 0.2) is 30.5 Å². The maximum atomic E-state index is 13.2. The molecule has 2 atom stereocenters. The van der Waals surface area contributed by atoms with Crippen LogP contribution in [0.25, 0.3) is 0 Å². The van der Waals surface area contributed by atoms with Crippen molar-refractivity contribution < 1.29 is 27.5 Å². The zero-order valence-electron chi connectivity index (χ0n) is 15.8. The molecule has 1 aromatic carbocycles. The summed E-state index contributed by atoms with van der Waals surface area (Å²) < 4.78 is 45.4. The molecule has 4 rings (SSSR count). The smallest absolute Gasteiger partial charge is 0.436 e. The molecule has 0 N–H and O–H groups in total. The monoisotopic (exact) mass is 407 g/mol. The number of esters is 1. The van der Waals surface area contributed by atoms with Gasteiger partial charge in [-0.25, -0.2) is 4.79 Å². The van der Waals surface area contributed by atoms with E-state index in [1.54, 1.807) is 12.1 Å². The minimum absolute atomic E-state index is 0.0240. The summed E-state index contributed by atoms with van der Waals surface area (Å²) in [5.74, 6) is -0.111. The van der Waals surface area contributed by atoms with E-state index >= 15 is 0 Å². The van der Waals surface area contributed by atoms with Gasteiger partial charge in [0, 0.05) is 25.2 Å². The van der Waals surface area contributed by atoms with Crippen LogP contribution >= 0.6 is 0 Å². The quantitative estimate of drug-likeness (QED) is 0.691. The lowest BCUT2D eigenvalue weighted by Gasteiger charge is -2.18. The Morgan fingerprint density at radius 1 is 1.21 bits per heavy atom. The molecule has 6 nitrogen and oxygen atoms in total. The van der Waals surface area contributed by atoms with Crippen molar-refractivity contribution in [2.75, 3.05) is 13.2 Å². The zero-order valence-corrected chi connectivity index (χ0v) is 15.8. The molecule has 1 aromatic heterocycles. The summed E-state index contributed by atoms with van der Waals surface area (Å²) in [6.07, 6.45) is -2.68. The number of fused-ring (bicyclic) bond motifs is 1. The molecule has 2 aromatic rings. The number of likely N-dealkylation sites (tertiary alicyclic amines) is 1. The molecule has 2 heterocycles. The van der Waals surface area contributed by atoms with Gasteiger partial charge in [0.1, 0.15) is 5.56 Å². The third-order valence-corrected chi connectivity index (χ3v) is 5.27. The molecule has 9 heteroatoms. The van der Waals surface area contributed by atoms with Gasteiger partial charge in [-0.3, -0.25) is 9.48 Å². The predicted molar refractivity (Wildman–Crippen MR) is 95.7 cm³/mol. The van der Waals surface area contributed by atoms with Crippen molar-refractivity contribution in [1.29, 1.82) is 0 Å². The number of halogens is 3. The minimum atomic E-state index is -4.75. The molecule has 2 unspecified atom stereocenters. The third kappa shape index (κ3) is 3.99. The van der Waals surface area contributed by atoms with E-state index < -0.39 is 23.4 Å². The number of nitrogens with zero attached hydrogens (tertiary/aromatic N) is 3. The van der Waals surface area contributed by atoms with Crippen LogP contribution in [-0.2, 0) is 28.8 Å². The first-order valence-corrected chi connectivity index (χ1v) is 9.44. The Bertz CT molecular complexity index is 937. The second-order valence-electron chi connectivity index (χ2n) is 7.44. The Morgan fingerprint density at radius 3 is 2.41 bits per heavy atom. The van der Waals surface area contributed by atoms with E-state index in [1.807, 2.05) is 17.0 Å². The van der Waals surface area contributed by atoms with Gasteiger partial charge in [-0.2, -0.15) is 18.3 Å². The topological polar surface area (TPSA) is 64.4 Å².